The summed E-state index contributed by atoms with van der Waals surface area (Å²) < 4.78 is 34.1. The molecule has 0 aliphatic heterocycles. The smallest absolute Gasteiger partial charge is 0.264 e. The first kappa shape index (κ1) is 24.7. The van der Waals surface area contributed by atoms with E-state index in [1.54, 1.807) is 26.8 Å². The number of methoxy groups -OCH3 is 1. The van der Waals surface area contributed by atoms with Crippen molar-refractivity contribution in [3.8, 4) is 5.75 Å². The number of aryl methyl sites for hydroxylation is 1. The van der Waals surface area contributed by atoms with Crippen LogP contribution in [0, 0.1) is 26.2 Å². The second kappa shape index (κ2) is 10.4. The third-order valence-electron chi connectivity index (χ3n) is 4.63. The summed E-state index contributed by atoms with van der Waals surface area (Å²) in [5, 5.41) is 10.8. The van der Waals surface area contributed by atoms with Gasteiger partial charge in [-0.05, 0) is 56.4 Å². The van der Waals surface area contributed by atoms with Gasteiger partial charge in [0.05, 0.1) is 19.1 Å². The van der Waals surface area contributed by atoms with Gasteiger partial charge in [-0.15, -0.1) is 0 Å². The summed E-state index contributed by atoms with van der Waals surface area (Å²) >= 11 is 0. The lowest BCUT2D eigenvalue weighted by Gasteiger charge is -2.24. The number of nitrogens with zero attached hydrogens (tertiary/aromatic N) is 1. The molecule has 0 aromatic heterocycles. The number of carbonyl (C=O) groups is 1. The van der Waals surface area contributed by atoms with Crippen LogP contribution in [0.5, 0.6) is 5.75 Å². The molecule has 1 aromatic rings. The number of benzene rings is 1. The molecule has 0 radical (unpaired) electrons. The van der Waals surface area contributed by atoms with Gasteiger partial charge in [0.15, 0.2) is 5.96 Å². The molecule has 1 amide bonds. The molecule has 11 heteroatoms. The predicted molar refractivity (Wildman–Crippen MR) is 110 cm³/mol. The van der Waals surface area contributed by atoms with Gasteiger partial charge in [-0.2, -0.15) is 4.72 Å². The van der Waals surface area contributed by atoms with Crippen molar-refractivity contribution in [1.82, 2.24) is 15.1 Å². The minimum Gasteiger partial charge on any atom is -0.496 e. The molecular weight excluding hydrogens is 398 g/mol. The summed E-state index contributed by atoms with van der Waals surface area (Å²) in [4.78, 5) is 17.7. The van der Waals surface area contributed by atoms with E-state index in [1.165, 1.54) is 21.3 Å². The quantitative estimate of drug-likeness (QED) is 0.184. The number of nitrogens with two attached hydrogens (primary N) is 1. The van der Waals surface area contributed by atoms with E-state index in [2.05, 4.69) is 10.0 Å². The third kappa shape index (κ3) is 6.31. The number of sulfonamides is 1. The molecule has 10 nitrogen and oxygen atoms in total. The lowest BCUT2D eigenvalue weighted by atomic mass is 10.1. The van der Waals surface area contributed by atoms with Crippen LogP contribution in [0.4, 0.5) is 0 Å². The maximum Gasteiger partial charge on any atom is 0.264 e. The van der Waals surface area contributed by atoms with Crippen LogP contribution in [0.25, 0.3) is 0 Å². The average Bonchev–Trinajstić information content (AvgIpc) is 2.65. The standard InChI is InChI=1S/C18H31N5O5S/c1-11-10-15(27-5)12(2)13(3)16(11)29(25,26)22-14(17(24)23(4)28-6)8-7-9-21-18(19)20/h10,14,22H,7-9H2,1-6H3,(H4,19,20,21)/t14-/m0/s1. The zero-order valence-electron chi connectivity index (χ0n) is 17.8. The van der Waals surface area contributed by atoms with E-state index in [1.807, 2.05) is 0 Å². The molecule has 5 N–H and O–H groups in total. The topological polar surface area (TPSA) is 147 Å². The van der Waals surface area contributed by atoms with E-state index in [0.29, 0.717) is 35.4 Å². The summed E-state index contributed by atoms with van der Waals surface area (Å²) in [7, 11) is 0.251. The summed E-state index contributed by atoms with van der Waals surface area (Å²) in [6.07, 6.45) is 0.606. The number of rotatable bonds is 10. The first-order chi connectivity index (χ1) is 13.5. The van der Waals surface area contributed by atoms with Gasteiger partial charge >= 0.3 is 0 Å². The fourth-order valence-electron chi connectivity index (χ4n) is 2.96. The Balaban J connectivity index is 3.21. The molecule has 0 fully saturated rings. The molecular formula is C18H31N5O5S. The van der Waals surface area contributed by atoms with Gasteiger partial charge in [0.1, 0.15) is 11.8 Å². The molecule has 0 bridgehead atoms. The first-order valence-corrected chi connectivity index (χ1v) is 10.5. The van der Waals surface area contributed by atoms with Crippen molar-refractivity contribution in [1.29, 1.82) is 5.41 Å². The zero-order valence-corrected chi connectivity index (χ0v) is 18.6. The third-order valence-corrected chi connectivity index (χ3v) is 6.39. The first-order valence-electron chi connectivity index (χ1n) is 9.02. The van der Waals surface area contributed by atoms with Crippen molar-refractivity contribution in [3.05, 3.63) is 22.8 Å². The van der Waals surface area contributed by atoms with Crippen molar-refractivity contribution < 1.29 is 22.8 Å². The second-order valence-electron chi connectivity index (χ2n) is 6.65. The summed E-state index contributed by atoms with van der Waals surface area (Å²) in [5.41, 5.74) is 7.02. The highest BCUT2D eigenvalue weighted by Gasteiger charge is 2.30. The largest absolute Gasteiger partial charge is 0.496 e. The second-order valence-corrected chi connectivity index (χ2v) is 8.30. The molecule has 0 aliphatic carbocycles. The normalized spacial score (nSPS) is 12.3. The van der Waals surface area contributed by atoms with Crippen LogP contribution in [-0.2, 0) is 19.7 Å². The van der Waals surface area contributed by atoms with E-state index in [-0.39, 0.29) is 17.3 Å². The Bertz CT molecular complexity index is 857. The van der Waals surface area contributed by atoms with Crippen LogP contribution in [-0.4, -0.2) is 59.2 Å². The van der Waals surface area contributed by atoms with Crippen molar-refractivity contribution in [2.45, 2.75) is 44.6 Å². The number of guanidine groups is 1. The van der Waals surface area contributed by atoms with E-state index < -0.39 is 22.0 Å². The summed E-state index contributed by atoms with van der Waals surface area (Å²) in [6, 6.07) is 0.617. The molecule has 1 aromatic carbocycles. The molecule has 0 unspecified atom stereocenters. The molecule has 1 atom stereocenters. The number of amides is 1. The monoisotopic (exact) mass is 429 g/mol. The fourth-order valence-corrected chi connectivity index (χ4v) is 4.71. The number of nitrogens with one attached hydrogen (secondary N) is 3. The van der Waals surface area contributed by atoms with E-state index >= 15 is 0 Å². The van der Waals surface area contributed by atoms with Crippen LogP contribution in [0.1, 0.15) is 29.5 Å². The van der Waals surface area contributed by atoms with Crippen LogP contribution in [0.2, 0.25) is 0 Å². The molecule has 1 rings (SSSR count). The Morgan fingerprint density at radius 2 is 1.90 bits per heavy atom. The van der Waals surface area contributed by atoms with Crippen LogP contribution >= 0.6 is 0 Å². The van der Waals surface area contributed by atoms with E-state index in [9.17, 15) is 13.2 Å². The number of ether oxygens (including phenoxy) is 1. The average molecular weight is 430 g/mol. The van der Waals surface area contributed by atoms with Gasteiger partial charge in [0.2, 0.25) is 10.0 Å². The highest BCUT2D eigenvalue weighted by Crippen LogP contribution is 2.30. The number of hydroxylamine groups is 2. The zero-order chi connectivity index (χ0) is 22.4. The van der Waals surface area contributed by atoms with E-state index in [4.69, 9.17) is 20.7 Å². The summed E-state index contributed by atoms with van der Waals surface area (Å²) in [6.45, 7) is 5.49. The predicted octanol–water partition coefficient (Wildman–Crippen LogP) is 0.550. The number of carbonyl (C=O) groups excluding carboxylic acids is 1. The minimum atomic E-state index is -4.00. The van der Waals surface area contributed by atoms with Crippen LogP contribution in [0.3, 0.4) is 0 Å². The van der Waals surface area contributed by atoms with E-state index in [0.717, 1.165) is 5.06 Å². The molecule has 0 saturated carbocycles. The van der Waals surface area contributed by atoms with Gasteiger partial charge in [0.25, 0.3) is 5.91 Å². The Hall–Kier alpha value is -2.37. The lowest BCUT2D eigenvalue weighted by molar-refractivity contribution is -0.170. The van der Waals surface area contributed by atoms with Crippen molar-refractivity contribution in [3.63, 3.8) is 0 Å². The molecule has 29 heavy (non-hydrogen) atoms. The molecule has 164 valence electrons. The SMILES string of the molecule is COc1cc(C)c(S(=O)(=O)N[C@@H](CCCNC(=N)N)C(=O)N(C)OC)c(C)c1C. The Kier molecular flexibility index (Phi) is 8.86. The number of likely N-dealkylation sites (N-methyl/N-ethyl adjacent to an activating group) is 1. The number of hydrogen-bond acceptors (Lipinski definition) is 6. The summed E-state index contributed by atoms with van der Waals surface area (Å²) in [5.74, 6) is -0.122. The molecule has 0 aliphatic rings. The maximum atomic E-state index is 13.2. The van der Waals surface area contributed by atoms with Crippen molar-refractivity contribution in [2.24, 2.45) is 5.73 Å². The Morgan fingerprint density at radius 3 is 2.41 bits per heavy atom. The minimum absolute atomic E-state index is 0.121. The molecule has 0 heterocycles. The van der Waals surface area contributed by atoms with Gasteiger partial charge < -0.3 is 15.8 Å². The highest BCUT2D eigenvalue weighted by molar-refractivity contribution is 7.89. The molecule has 0 saturated heterocycles. The Morgan fingerprint density at radius 1 is 1.28 bits per heavy atom. The van der Waals surface area contributed by atoms with Gasteiger partial charge in [-0.3, -0.25) is 15.0 Å². The van der Waals surface area contributed by atoms with Gasteiger partial charge in [-0.25, -0.2) is 13.5 Å². The lowest BCUT2D eigenvalue weighted by Crippen LogP contribution is -2.47. The fraction of sp³-hybridized carbons (Fsp3) is 0.556. The van der Waals surface area contributed by atoms with Crippen molar-refractivity contribution in [2.75, 3.05) is 27.8 Å². The molecule has 0 spiro atoms. The van der Waals surface area contributed by atoms with Gasteiger partial charge in [0, 0.05) is 13.6 Å². The van der Waals surface area contributed by atoms with Gasteiger partial charge in [-0.1, -0.05) is 0 Å². The van der Waals surface area contributed by atoms with Crippen LogP contribution in [0.15, 0.2) is 11.0 Å². The highest BCUT2D eigenvalue weighted by atomic mass is 32.2. The Labute approximate surface area is 172 Å². The maximum absolute atomic E-state index is 13.2. The number of hydrogen-bond donors (Lipinski definition) is 4. The van der Waals surface area contributed by atoms with Crippen molar-refractivity contribution >= 4 is 21.9 Å². The van der Waals surface area contributed by atoms with Crippen LogP contribution < -0.4 is 20.5 Å².